The van der Waals surface area contributed by atoms with Gasteiger partial charge < -0.3 is 4.74 Å². The van der Waals surface area contributed by atoms with Crippen LogP contribution in [0.25, 0.3) is 0 Å². The van der Waals surface area contributed by atoms with Crippen molar-refractivity contribution >= 4 is 31.7 Å². The van der Waals surface area contributed by atoms with Crippen molar-refractivity contribution in [1.82, 2.24) is 0 Å². The van der Waals surface area contributed by atoms with Crippen LogP contribution in [-0.2, 0) is 14.6 Å². The highest BCUT2D eigenvalue weighted by Crippen LogP contribution is 2.36. The summed E-state index contributed by atoms with van der Waals surface area (Å²) in [6, 6.07) is 3.36. The third-order valence-electron chi connectivity index (χ3n) is 3.47. The quantitative estimate of drug-likeness (QED) is 0.705. The molecule has 0 heterocycles. The molecule has 21 heavy (non-hydrogen) atoms. The van der Waals surface area contributed by atoms with Gasteiger partial charge in [-0.05, 0) is 46.3 Å². The molecule has 1 unspecified atom stereocenters. The molecule has 0 N–H and O–H groups in total. The monoisotopic (exact) mass is 376 g/mol. The SMILES string of the molecule is CCCC(CC)c1ccc(C(=O)OC)c(Br)c1S(C)(=O)=O. The Morgan fingerprint density at radius 3 is 2.38 bits per heavy atom. The molecule has 0 aliphatic carbocycles. The second-order valence-electron chi connectivity index (χ2n) is 5.00. The van der Waals surface area contributed by atoms with Crippen molar-refractivity contribution in [2.75, 3.05) is 13.4 Å². The average molecular weight is 377 g/mol. The number of benzene rings is 1. The molecular formula is C15H21BrO4S. The molecule has 0 bridgehead atoms. The van der Waals surface area contributed by atoms with Gasteiger partial charge in [0.15, 0.2) is 9.84 Å². The smallest absolute Gasteiger partial charge is 0.339 e. The van der Waals surface area contributed by atoms with E-state index in [1.807, 2.05) is 6.92 Å². The van der Waals surface area contributed by atoms with Crippen molar-refractivity contribution in [3.63, 3.8) is 0 Å². The molecule has 0 spiro atoms. The number of carbonyl (C=O) groups is 1. The highest BCUT2D eigenvalue weighted by Gasteiger charge is 2.26. The van der Waals surface area contributed by atoms with Gasteiger partial charge in [-0.25, -0.2) is 13.2 Å². The van der Waals surface area contributed by atoms with Gasteiger partial charge in [0.2, 0.25) is 0 Å². The molecule has 0 fully saturated rings. The van der Waals surface area contributed by atoms with Crippen LogP contribution in [0.15, 0.2) is 21.5 Å². The van der Waals surface area contributed by atoms with Gasteiger partial charge in [0, 0.05) is 6.26 Å². The Hall–Kier alpha value is -0.880. The number of halogens is 1. The van der Waals surface area contributed by atoms with E-state index in [1.165, 1.54) is 7.11 Å². The number of sulfone groups is 1. The summed E-state index contributed by atoms with van der Waals surface area (Å²) in [7, 11) is -2.18. The minimum atomic E-state index is -3.46. The van der Waals surface area contributed by atoms with Crippen molar-refractivity contribution in [1.29, 1.82) is 0 Å². The van der Waals surface area contributed by atoms with E-state index in [1.54, 1.807) is 12.1 Å². The minimum absolute atomic E-state index is 0.155. The van der Waals surface area contributed by atoms with Crippen molar-refractivity contribution < 1.29 is 17.9 Å². The molecule has 6 heteroatoms. The molecule has 0 radical (unpaired) electrons. The van der Waals surface area contributed by atoms with Crippen LogP contribution < -0.4 is 0 Å². The van der Waals surface area contributed by atoms with E-state index < -0.39 is 15.8 Å². The zero-order valence-electron chi connectivity index (χ0n) is 12.8. The number of hydrogen-bond donors (Lipinski definition) is 0. The molecule has 4 nitrogen and oxygen atoms in total. The van der Waals surface area contributed by atoms with Gasteiger partial charge >= 0.3 is 5.97 Å². The lowest BCUT2D eigenvalue weighted by Crippen LogP contribution is -2.12. The first-order chi connectivity index (χ1) is 9.77. The second kappa shape index (κ2) is 7.40. The third-order valence-corrected chi connectivity index (χ3v) is 5.74. The molecule has 1 atom stereocenters. The van der Waals surface area contributed by atoms with Crippen LogP contribution in [0.1, 0.15) is 54.9 Å². The zero-order valence-corrected chi connectivity index (χ0v) is 15.2. The summed E-state index contributed by atoms with van der Waals surface area (Å²) in [5.74, 6) is -0.399. The van der Waals surface area contributed by atoms with E-state index in [2.05, 4.69) is 22.9 Å². The summed E-state index contributed by atoms with van der Waals surface area (Å²) in [6.07, 6.45) is 3.89. The standard InChI is InChI=1S/C15H21BrO4S/c1-5-7-10(6-2)11-8-9-12(15(17)20-3)13(16)14(11)21(4,18)19/h8-10H,5-7H2,1-4H3. The van der Waals surface area contributed by atoms with Crippen LogP contribution in [0.4, 0.5) is 0 Å². The number of rotatable bonds is 6. The molecule has 0 amide bonds. The third kappa shape index (κ3) is 4.07. The summed E-state index contributed by atoms with van der Waals surface area (Å²) >= 11 is 3.28. The van der Waals surface area contributed by atoms with E-state index in [0.29, 0.717) is 4.47 Å². The van der Waals surface area contributed by atoms with Crippen LogP contribution >= 0.6 is 15.9 Å². The lowest BCUT2D eigenvalue weighted by Gasteiger charge is -2.20. The first kappa shape index (κ1) is 18.2. The molecular weight excluding hydrogens is 356 g/mol. The average Bonchev–Trinajstić information content (AvgIpc) is 2.42. The Kier molecular flexibility index (Phi) is 6.41. The molecule has 0 saturated heterocycles. The van der Waals surface area contributed by atoms with E-state index >= 15 is 0 Å². The largest absolute Gasteiger partial charge is 0.465 e. The summed E-state index contributed by atoms with van der Waals surface area (Å²) in [5.41, 5.74) is 0.995. The predicted octanol–water partition coefficient (Wildman–Crippen LogP) is 3.93. The van der Waals surface area contributed by atoms with Crippen molar-refractivity contribution in [2.45, 2.75) is 43.9 Å². The Morgan fingerprint density at radius 1 is 1.33 bits per heavy atom. The molecule has 118 valence electrons. The fourth-order valence-corrected chi connectivity index (χ4v) is 4.97. The van der Waals surface area contributed by atoms with Crippen molar-refractivity contribution in [2.24, 2.45) is 0 Å². The van der Waals surface area contributed by atoms with E-state index in [0.717, 1.165) is 31.1 Å². The van der Waals surface area contributed by atoms with Gasteiger partial charge in [0.1, 0.15) is 0 Å². The molecule has 0 saturated carbocycles. The fourth-order valence-electron chi connectivity index (χ4n) is 2.46. The Bertz CT molecular complexity index is 623. The normalized spacial score (nSPS) is 13.0. The van der Waals surface area contributed by atoms with Crippen LogP contribution in [0, 0.1) is 0 Å². The van der Waals surface area contributed by atoms with Gasteiger partial charge in [-0.15, -0.1) is 0 Å². The topological polar surface area (TPSA) is 60.4 Å². The summed E-state index contributed by atoms with van der Waals surface area (Å²) in [6.45, 7) is 4.11. The number of carbonyl (C=O) groups excluding carboxylic acids is 1. The van der Waals surface area contributed by atoms with E-state index in [4.69, 9.17) is 4.74 Å². The van der Waals surface area contributed by atoms with Gasteiger partial charge in [-0.2, -0.15) is 0 Å². The molecule has 0 aliphatic rings. The Balaban J connectivity index is 3.60. The minimum Gasteiger partial charge on any atom is -0.465 e. The number of methoxy groups -OCH3 is 1. The van der Waals surface area contributed by atoms with Crippen LogP contribution in [0.5, 0.6) is 0 Å². The molecule has 1 aromatic carbocycles. The van der Waals surface area contributed by atoms with Gasteiger partial charge in [0.25, 0.3) is 0 Å². The maximum absolute atomic E-state index is 12.2. The van der Waals surface area contributed by atoms with Gasteiger partial charge in [-0.1, -0.05) is 26.3 Å². The maximum atomic E-state index is 12.2. The van der Waals surface area contributed by atoms with Crippen LogP contribution in [-0.4, -0.2) is 27.8 Å². The zero-order chi connectivity index (χ0) is 16.2. The van der Waals surface area contributed by atoms with E-state index in [-0.39, 0.29) is 16.4 Å². The molecule has 1 rings (SSSR count). The Morgan fingerprint density at radius 2 is 1.95 bits per heavy atom. The fraction of sp³-hybridized carbons (Fsp3) is 0.533. The van der Waals surface area contributed by atoms with Gasteiger partial charge in [0.05, 0.1) is 22.0 Å². The first-order valence-electron chi connectivity index (χ1n) is 6.88. The number of esters is 1. The highest BCUT2D eigenvalue weighted by molar-refractivity contribution is 9.10. The molecule has 0 aliphatic heterocycles. The Labute approximate surface area is 134 Å². The van der Waals surface area contributed by atoms with Crippen molar-refractivity contribution in [3.8, 4) is 0 Å². The lowest BCUT2D eigenvalue weighted by atomic mass is 9.91. The highest BCUT2D eigenvalue weighted by atomic mass is 79.9. The summed E-state index contributed by atoms with van der Waals surface area (Å²) < 4.78 is 29.4. The summed E-state index contributed by atoms with van der Waals surface area (Å²) in [5, 5.41) is 0. The van der Waals surface area contributed by atoms with E-state index in [9.17, 15) is 13.2 Å². The van der Waals surface area contributed by atoms with Crippen LogP contribution in [0.2, 0.25) is 0 Å². The lowest BCUT2D eigenvalue weighted by molar-refractivity contribution is 0.0599. The molecule has 1 aromatic rings. The summed E-state index contributed by atoms with van der Waals surface area (Å²) in [4.78, 5) is 11.9. The van der Waals surface area contributed by atoms with Crippen LogP contribution in [0.3, 0.4) is 0 Å². The predicted molar refractivity (Wildman–Crippen MR) is 86.5 cm³/mol. The first-order valence-corrected chi connectivity index (χ1v) is 9.57. The maximum Gasteiger partial charge on any atom is 0.339 e. The molecule has 0 aromatic heterocycles. The number of hydrogen-bond acceptors (Lipinski definition) is 4. The number of ether oxygens (including phenoxy) is 1. The van der Waals surface area contributed by atoms with Crippen molar-refractivity contribution in [3.05, 3.63) is 27.7 Å². The van der Waals surface area contributed by atoms with Gasteiger partial charge in [-0.3, -0.25) is 0 Å². The second-order valence-corrected chi connectivity index (χ2v) is 7.75.